The molecule has 1 atom stereocenters. The van der Waals surface area contributed by atoms with Crippen molar-refractivity contribution in [3.8, 4) is 0 Å². The molecule has 0 saturated heterocycles. The third-order valence-corrected chi connectivity index (χ3v) is 2.38. The molecule has 84 valence electrons. The molecule has 0 unspecified atom stereocenters. The molecule has 0 aromatic carbocycles. The fraction of sp³-hybridized carbons (Fsp3) is 0.909. The highest BCUT2D eigenvalue weighted by Gasteiger charge is 2.19. The Kier molecular flexibility index (Phi) is 6.54. The Labute approximate surface area is 87.6 Å². The SMILES string of the molecule is CC[C@H](CCN)N(CC(C)C)C(C)=O. The van der Waals surface area contributed by atoms with E-state index in [1.54, 1.807) is 6.92 Å². The zero-order chi connectivity index (χ0) is 11.1. The summed E-state index contributed by atoms with van der Waals surface area (Å²) in [6.45, 7) is 9.50. The molecule has 0 aliphatic heterocycles. The van der Waals surface area contributed by atoms with Gasteiger partial charge in [0.15, 0.2) is 0 Å². The van der Waals surface area contributed by atoms with Crippen LogP contribution < -0.4 is 5.73 Å². The molecule has 3 nitrogen and oxygen atoms in total. The molecule has 3 heteroatoms. The first kappa shape index (κ1) is 13.4. The number of carbonyl (C=O) groups is 1. The van der Waals surface area contributed by atoms with Gasteiger partial charge in [-0.2, -0.15) is 0 Å². The standard InChI is InChI=1S/C11H24N2O/c1-5-11(6-7-12)13(10(4)14)8-9(2)3/h9,11H,5-8,12H2,1-4H3/t11-/m1/s1. The van der Waals surface area contributed by atoms with E-state index in [9.17, 15) is 4.79 Å². The fourth-order valence-electron chi connectivity index (χ4n) is 1.70. The highest BCUT2D eigenvalue weighted by Crippen LogP contribution is 2.11. The minimum atomic E-state index is 0.166. The van der Waals surface area contributed by atoms with Crippen LogP contribution in [0.5, 0.6) is 0 Å². The van der Waals surface area contributed by atoms with Crippen molar-refractivity contribution in [2.45, 2.75) is 46.6 Å². The van der Waals surface area contributed by atoms with Gasteiger partial charge >= 0.3 is 0 Å². The van der Waals surface area contributed by atoms with Gasteiger partial charge in [0.2, 0.25) is 5.91 Å². The second-order valence-electron chi connectivity index (χ2n) is 4.20. The van der Waals surface area contributed by atoms with Gasteiger partial charge in [-0.25, -0.2) is 0 Å². The predicted octanol–water partition coefficient (Wildman–Crippen LogP) is 1.62. The van der Waals surface area contributed by atoms with Gasteiger partial charge in [0.1, 0.15) is 0 Å². The summed E-state index contributed by atoms with van der Waals surface area (Å²) in [4.78, 5) is 13.4. The van der Waals surface area contributed by atoms with Crippen LogP contribution in [0.15, 0.2) is 0 Å². The summed E-state index contributed by atoms with van der Waals surface area (Å²) in [6, 6.07) is 0.319. The highest BCUT2D eigenvalue weighted by molar-refractivity contribution is 5.73. The second-order valence-corrected chi connectivity index (χ2v) is 4.20. The summed E-state index contributed by atoms with van der Waals surface area (Å²) in [6.07, 6.45) is 1.90. The van der Waals surface area contributed by atoms with Crippen LogP contribution in [0.2, 0.25) is 0 Å². The van der Waals surface area contributed by atoms with Crippen molar-refractivity contribution in [2.24, 2.45) is 11.7 Å². The van der Waals surface area contributed by atoms with Crippen LogP contribution >= 0.6 is 0 Å². The molecule has 0 rings (SSSR count). The number of hydrogen-bond donors (Lipinski definition) is 1. The zero-order valence-corrected chi connectivity index (χ0v) is 9.92. The van der Waals surface area contributed by atoms with Crippen LogP contribution in [0, 0.1) is 5.92 Å². The zero-order valence-electron chi connectivity index (χ0n) is 9.92. The molecular formula is C11H24N2O. The van der Waals surface area contributed by atoms with Gasteiger partial charge in [-0.05, 0) is 25.3 Å². The first-order valence-electron chi connectivity index (χ1n) is 5.50. The molecule has 0 aromatic rings. The molecule has 0 aliphatic carbocycles. The van der Waals surface area contributed by atoms with E-state index in [2.05, 4.69) is 20.8 Å². The molecule has 0 radical (unpaired) electrons. The third kappa shape index (κ3) is 4.61. The first-order chi connectivity index (χ1) is 6.52. The van der Waals surface area contributed by atoms with E-state index >= 15 is 0 Å². The Morgan fingerprint density at radius 1 is 1.43 bits per heavy atom. The molecule has 0 saturated carbocycles. The molecule has 0 fully saturated rings. The smallest absolute Gasteiger partial charge is 0.219 e. The second kappa shape index (κ2) is 6.82. The van der Waals surface area contributed by atoms with Gasteiger partial charge < -0.3 is 10.6 Å². The quantitative estimate of drug-likeness (QED) is 0.708. The number of nitrogens with zero attached hydrogens (tertiary/aromatic N) is 1. The average Bonchev–Trinajstić information content (AvgIpc) is 2.10. The normalized spacial score (nSPS) is 13.0. The lowest BCUT2D eigenvalue weighted by atomic mass is 10.1. The van der Waals surface area contributed by atoms with E-state index in [1.807, 2.05) is 4.90 Å². The van der Waals surface area contributed by atoms with Crippen LogP contribution in [0.25, 0.3) is 0 Å². The van der Waals surface area contributed by atoms with Crippen molar-refractivity contribution < 1.29 is 4.79 Å². The third-order valence-electron chi connectivity index (χ3n) is 2.38. The van der Waals surface area contributed by atoms with Gasteiger partial charge in [0.25, 0.3) is 0 Å². The maximum absolute atomic E-state index is 11.4. The van der Waals surface area contributed by atoms with Gasteiger partial charge in [0.05, 0.1) is 0 Å². The van der Waals surface area contributed by atoms with Crippen LogP contribution in [0.1, 0.15) is 40.5 Å². The van der Waals surface area contributed by atoms with Crippen LogP contribution in [0.4, 0.5) is 0 Å². The van der Waals surface area contributed by atoms with E-state index in [0.29, 0.717) is 18.5 Å². The highest BCUT2D eigenvalue weighted by atomic mass is 16.2. The summed E-state index contributed by atoms with van der Waals surface area (Å²) < 4.78 is 0. The van der Waals surface area contributed by atoms with E-state index in [-0.39, 0.29) is 5.91 Å². The Bertz CT molecular complexity index is 169. The molecule has 14 heavy (non-hydrogen) atoms. The summed E-state index contributed by atoms with van der Waals surface area (Å²) >= 11 is 0. The lowest BCUT2D eigenvalue weighted by Crippen LogP contribution is -2.42. The fourth-order valence-corrected chi connectivity index (χ4v) is 1.70. The summed E-state index contributed by atoms with van der Waals surface area (Å²) in [5, 5.41) is 0. The molecule has 2 N–H and O–H groups in total. The van der Waals surface area contributed by atoms with Crippen LogP contribution in [0.3, 0.4) is 0 Å². The Morgan fingerprint density at radius 2 is 2.00 bits per heavy atom. The summed E-state index contributed by atoms with van der Waals surface area (Å²) in [5.74, 6) is 0.685. The van der Waals surface area contributed by atoms with Gasteiger partial charge in [-0.1, -0.05) is 20.8 Å². The molecular weight excluding hydrogens is 176 g/mol. The van der Waals surface area contributed by atoms with Crippen LogP contribution in [-0.2, 0) is 4.79 Å². The van der Waals surface area contributed by atoms with Crippen molar-refractivity contribution in [1.82, 2.24) is 4.90 Å². The number of rotatable bonds is 6. The molecule has 0 aromatic heterocycles. The Balaban J connectivity index is 4.35. The number of hydrogen-bond acceptors (Lipinski definition) is 2. The van der Waals surface area contributed by atoms with Crippen molar-refractivity contribution in [1.29, 1.82) is 0 Å². The minimum Gasteiger partial charge on any atom is -0.340 e. The largest absolute Gasteiger partial charge is 0.340 e. The monoisotopic (exact) mass is 200 g/mol. The Hall–Kier alpha value is -0.570. The van der Waals surface area contributed by atoms with Crippen molar-refractivity contribution in [2.75, 3.05) is 13.1 Å². The maximum atomic E-state index is 11.4. The lowest BCUT2D eigenvalue weighted by Gasteiger charge is -2.31. The number of nitrogens with two attached hydrogens (primary N) is 1. The number of amides is 1. The topological polar surface area (TPSA) is 46.3 Å². The lowest BCUT2D eigenvalue weighted by molar-refractivity contribution is -0.131. The average molecular weight is 200 g/mol. The van der Waals surface area contributed by atoms with Crippen LogP contribution in [-0.4, -0.2) is 29.9 Å². The molecule has 1 amide bonds. The predicted molar refractivity (Wildman–Crippen MR) is 60.0 cm³/mol. The van der Waals surface area contributed by atoms with Crippen molar-refractivity contribution in [3.05, 3.63) is 0 Å². The van der Waals surface area contributed by atoms with E-state index < -0.39 is 0 Å². The molecule has 0 heterocycles. The van der Waals surface area contributed by atoms with Gasteiger partial charge in [-0.15, -0.1) is 0 Å². The molecule has 0 spiro atoms. The molecule has 0 bridgehead atoms. The van der Waals surface area contributed by atoms with E-state index in [1.165, 1.54) is 0 Å². The summed E-state index contributed by atoms with van der Waals surface area (Å²) in [7, 11) is 0. The van der Waals surface area contributed by atoms with Crippen molar-refractivity contribution >= 4 is 5.91 Å². The number of carbonyl (C=O) groups excluding carboxylic acids is 1. The van der Waals surface area contributed by atoms with Gasteiger partial charge in [0, 0.05) is 19.5 Å². The molecule has 0 aliphatic rings. The van der Waals surface area contributed by atoms with Crippen molar-refractivity contribution in [3.63, 3.8) is 0 Å². The first-order valence-corrected chi connectivity index (χ1v) is 5.50. The van der Waals surface area contributed by atoms with E-state index in [0.717, 1.165) is 19.4 Å². The maximum Gasteiger partial charge on any atom is 0.219 e. The Morgan fingerprint density at radius 3 is 2.29 bits per heavy atom. The van der Waals surface area contributed by atoms with E-state index in [4.69, 9.17) is 5.73 Å². The minimum absolute atomic E-state index is 0.166. The summed E-state index contributed by atoms with van der Waals surface area (Å²) in [5.41, 5.74) is 5.54. The van der Waals surface area contributed by atoms with Gasteiger partial charge in [-0.3, -0.25) is 4.79 Å².